The second-order valence-corrected chi connectivity index (χ2v) is 2.80. The van der Waals surface area contributed by atoms with E-state index in [9.17, 15) is 4.79 Å². The highest BCUT2D eigenvalue weighted by Gasteiger charge is 2.28. The van der Waals surface area contributed by atoms with Crippen LogP contribution in [0, 0.1) is 5.92 Å². The van der Waals surface area contributed by atoms with Crippen molar-refractivity contribution in [2.45, 2.75) is 31.8 Å². The van der Waals surface area contributed by atoms with Crippen LogP contribution in [-0.2, 0) is 4.79 Å². The van der Waals surface area contributed by atoms with Crippen molar-refractivity contribution in [1.82, 2.24) is 0 Å². The van der Waals surface area contributed by atoms with Crippen molar-refractivity contribution in [3.63, 3.8) is 0 Å². The third kappa shape index (κ3) is 1.48. The van der Waals surface area contributed by atoms with E-state index in [-0.39, 0.29) is 0 Å². The number of rotatable bonds is 1. The standard InChI is InChI=1S/C7H12O3/c8-6-4-2-1-3-5(6)7(9)10/h5-6,8H,1-4H2,(H,9,10). The Balaban J connectivity index is 2.47. The Morgan fingerprint density at radius 1 is 1.30 bits per heavy atom. The highest BCUT2D eigenvalue weighted by atomic mass is 16.4. The molecular formula is C7H12O3. The van der Waals surface area contributed by atoms with Crippen molar-refractivity contribution in [2.24, 2.45) is 5.92 Å². The lowest BCUT2D eigenvalue weighted by molar-refractivity contribution is -0.147. The van der Waals surface area contributed by atoms with Gasteiger partial charge in [0.25, 0.3) is 0 Å². The molecule has 1 fully saturated rings. The van der Waals surface area contributed by atoms with Crippen LogP contribution in [0.1, 0.15) is 25.7 Å². The fourth-order valence-corrected chi connectivity index (χ4v) is 1.40. The maximum atomic E-state index is 10.4. The molecule has 2 N–H and O–H groups in total. The smallest absolute Gasteiger partial charge is 0.309 e. The van der Waals surface area contributed by atoms with E-state index in [4.69, 9.17) is 10.2 Å². The van der Waals surface area contributed by atoms with Gasteiger partial charge in [-0.3, -0.25) is 4.79 Å². The quantitative estimate of drug-likeness (QED) is 0.567. The van der Waals surface area contributed by atoms with Gasteiger partial charge in [0.2, 0.25) is 0 Å². The van der Waals surface area contributed by atoms with E-state index >= 15 is 0 Å². The van der Waals surface area contributed by atoms with Crippen molar-refractivity contribution in [3.05, 3.63) is 0 Å². The zero-order chi connectivity index (χ0) is 7.56. The number of aliphatic hydroxyl groups is 1. The molecule has 0 saturated heterocycles. The third-order valence-electron chi connectivity index (χ3n) is 2.05. The van der Waals surface area contributed by atoms with Gasteiger partial charge in [-0.25, -0.2) is 0 Å². The Morgan fingerprint density at radius 3 is 2.30 bits per heavy atom. The summed E-state index contributed by atoms with van der Waals surface area (Å²) in [6.45, 7) is 0. The molecular weight excluding hydrogens is 132 g/mol. The minimum atomic E-state index is -0.854. The highest BCUT2D eigenvalue weighted by Crippen LogP contribution is 2.23. The molecule has 1 aliphatic carbocycles. The molecule has 1 saturated carbocycles. The van der Waals surface area contributed by atoms with Crippen LogP contribution in [0.3, 0.4) is 0 Å². The molecule has 0 heterocycles. The van der Waals surface area contributed by atoms with Crippen LogP contribution in [0.15, 0.2) is 0 Å². The van der Waals surface area contributed by atoms with Crippen LogP contribution in [0.25, 0.3) is 0 Å². The maximum Gasteiger partial charge on any atom is 0.309 e. The molecule has 0 aliphatic heterocycles. The summed E-state index contributed by atoms with van der Waals surface area (Å²) in [6, 6.07) is 0. The van der Waals surface area contributed by atoms with Crippen LogP contribution < -0.4 is 0 Å². The summed E-state index contributed by atoms with van der Waals surface area (Å²) in [5, 5.41) is 17.7. The van der Waals surface area contributed by atoms with Gasteiger partial charge in [0.05, 0.1) is 12.0 Å². The van der Waals surface area contributed by atoms with Crippen molar-refractivity contribution < 1.29 is 15.0 Å². The summed E-state index contributed by atoms with van der Waals surface area (Å²) in [5.41, 5.74) is 0. The molecule has 0 spiro atoms. The van der Waals surface area contributed by atoms with Gasteiger partial charge in [0.15, 0.2) is 0 Å². The van der Waals surface area contributed by atoms with E-state index in [0.717, 1.165) is 12.8 Å². The third-order valence-corrected chi connectivity index (χ3v) is 2.05. The monoisotopic (exact) mass is 144 g/mol. The lowest BCUT2D eigenvalue weighted by atomic mass is 9.87. The van der Waals surface area contributed by atoms with Gasteiger partial charge in [-0.1, -0.05) is 12.8 Å². The number of carbonyl (C=O) groups is 1. The average Bonchev–Trinajstić information content (AvgIpc) is 1.88. The van der Waals surface area contributed by atoms with Crippen molar-refractivity contribution in [1.29, 1.82) is 0 Å². The molecule has 0 bridgehead atoms. The summed E-state index contributed by atoms with van der Waals surface area (Å²) < 4.78 is 0. The number of carboxylic acids is 1. The van der Waals surface area contributed by atoms with Crippen LogP contribution in [-0.4, -0.2) is 22.3 Å². The minimum Gasteiger partial charge on any atom is -0.481 e. The maximum absolute atomic E-state index is 10.4. The van der Waals surface area contributed by atoms with Gasteiger partial charge >= 0.3 is 5.97 Å². The second-order valence-electron chi connectivity index (χ2n) is 2.80. The number of carboxylic acid groups (broad SMARTS) is 1. The predicted octanol–water partition coefficient (Wildman–Crippen LogP) is 0.622. The molecule has 1 rings (SSSR count). The van der Waals surface area contributed by atoms with E-state index in [0.29, 0.717) is 12.8 Å². The van der Waals surface area contributed by atoms with E-state index in [1.165, 1.54) is 0 Å². The molecule has 1 aliphatic rings. The van der Waals surface area contributed by atoms with Crippen LogP contribution in [0.5, 0.6) is 0 Å². The molecule has 0 aromatic heterocycles. The summed E-state index contributed by atoms with van der Waals surface area (Å²) >= 11 is 0. The SMILES string of the molecule is O=C(O)C1CCCCC1O. The van der Waals surface area contributed by atoms with E-state index in [1.54, 1.807) is 0 Å². The van der Waals surface area contributed by atoms with Crippen molar-refractivity contribution >= 4 is 5.97 Å². The number of aliphatic carboxylic acids is 1. The van der Waals surface area contributed by atoms with Crippen LogP contribution in [0.2, 0.25) is 0 Å². The van der Waals surface area contributed by atoms with Gasteiger partial charge in [0, 0.05) is 0 Å². The van der Waals surface area contributed by atoms with Gasteiger partial charge in [-0.05, 0) is 12.8 Å². The summed E-state index contributed by atoms with van der Waals surface area (Å²) in [6.07, 6.45) is 2.58. The highest BCUT2D eigenvalue weighted by molar-refractivity contribution is 5.70. The first-order valence-corrected chi connectivity index (χ1v) is 3.62. The minimum absolute atomic E-state index is 0.506. The molecule has 2 atom stereocenters. The molecule has 3 nitrogen and oxygen atoms in total. The van der Waals surface area contributed by atoms with E-state index in [2.05, 4.69) is 0 Å². The molecule has 10 heavy (non-hydrogen) atoms. The number of hydrogen-bond donors (Lipinski definition) is 2. The molecule has 58 valence electrons. The molecule has 0 amide bonds. The lowest BCUT2D eigenvalue weighted by Gasteiger charge is -2.23. The van der Waals surface area contributed by atoms with Gasteiger partial charge < -0.3 is 10.2 Å². The fourth-order valence-electron chi connectivity index (χ4n) is 1.40. The molecule has 3 heteroatoms. The van der Waals surface area contributed by atoms with E-state index in [1.807, 2.05) is 0 Å². The first-order valence-electron chi connectivity index (χ1n) is 3.62. The summed E-state index contributed by atoms with van der Waals surface area (Å²) in [5.74, 6) is -1.36. The van der Waals surface area contributed by atoms with Crippen molar-refractivity contribution in [3.8, 4) is 0 Å². The summed E-state index contributed by atoms with van der Waals surface area (Å²) in [4.78, 5) is 10.4. The lowest BCUT2D eigenvalue weighted by Crippen LogP contribution is -2.30. The summed E-state index contributed by atoms with van der Waals surface area (Å²) in [7, 11) is 0. The Bertz CT molecular complexity index is 133. The topological polar surface area (TPSA) is 57.5 Å². The van der Waals surface area contributed by atoms with Gasteiger partial charge in [-0.15, -0.1) is 0 Å². The average molecular weight is 144 g/mol. The van der Waals surface area contributed by atoms with Crippen molar-refractivity contribution in [2.75, 3.05) is 0 Å². The Labute approximate surface area is 59.7 Å². The molecule has 0 aromatic carbocycles. The predicted molar refractivity (Wildman–Crippen MR) is 35.6 cm³/mol. The largest absolute Gasteiger partial charge is 0.481 e. The van der Waals surface area contributed by atoms with Gasteiger partial charge in [-0.2, -0.15) is 0 Å². The molecule has 2 unspecified atom stereocenters. The van der Waals surface area contributed by atoms with Crippen LogP contribution >= 0.6 is 0 Å². The van der Waals surface area contributed by atoms with Gasteiger partial charge in [0.1, 0.15) is 0 Å². The number of hydrogen-bond acceptors (Lipinski definition) is 2. The Hall–Kier alpha value is -0.570. The Morgan fingerprint density at radius 2 is 1.90 bits per heavy atom. The first kappa shape index (κ1) is 7.54. The Kier molecular flexibility index (Phi) is 2.27. The van der Waals surface area contributed by atoms with E-state index < -0.39 is 18.0 Å². The zero-order valence-corrected chi connectivity index (χ0v) is 5.79. The normalized spacial score (nSPS) is 33.7. The fraction of sp³-hybridized carbons (Fsp3) is 0.857. The first-order chi connectivity index (χ1) is 4.72. The van der Waals surface area contributed by atoms with Crippen LogP contribution in [0.4, 0.5) is 0 Å². The molecule has 0 aromatic rings. The second kappa shape index (κ2) is 3.01. The molecule has 0 radical (unpaired) electrons. The zero-order valence-electron chi connectivity index (χ0n) is 5.79. The number of aliphatic hydroxyl groups excluding tert-OH is 1.